The molecule has 1 heterocycles. The van der Waals surface area contributed by atoms with Crippen molar-refractivity contribution in [3.63, 3.8) is 0 Å². The molecular weight excluding hydrogens is 206 g/mol. The third kappa shape index (κ3) is 3.59. The first-order chi connectivity index (χ1) is 7.49. The van der Waals surface area contributed by atoms with Crippen LogP contribution in [0.25, 0.3) is 0 Å². The maximum absolute atomic E-state index is 9.20. The number of aliphatic hydroxyl groups is 2. The van der Waals surface area contributed by atoms with E-state index in [9.17, 15) is 10.2 Å². The van der Waals surface area contributed by atoms with Crippen LogP contribution in [-0.2, 0) is 13.6 Å². The minimum absolute atomic E-state index is 0.0178. The number of hydrogen-bond donors (Lipinski definition) is 2. The Kier molecular flexibility index (Phi) is 4.46. The van der Waals surface area contributed by atoms with Crippen molar-refractivity contribution >= 4 is 0 Å². The van der Waals surface area contributed by atoms with Gasteiger partial charge in [0.2, 0.25) is 0 Å². The van der Waals surface area contributed by atoms with E-state index in [0.717, 1.165) is 12.2 Å². The summed E-state index contributed by atoms with van der Waals surface area (Å²) in [6.45, 7) is 3.18. The molecule has 0 aliphatic carbocycles. The molecule has 0 aliphatic heterocycles. The normalized spacial score (nSPS) is 12.4. The number of aryl methyl sites for hydroxylation is 1. The molecule has 0 bridgehead atoms. The van der Waals surface area contributed by atoms with E-state index >= 15 is 0 Å². The number of hydrogen-bond acceptors (Lipinski definition) is 4. The zero-order valence-electron chi connectivity index (χ0n) is 10.2. The third-order valence-electron chi connectivity index (χ3n) is 2.62. The van der Waals surface area contributed by atoms with E-state index in [1.54, 1.807) is 4.68 Å². The predicted octanol–water partition coefficient (Wildman–Crippen LogP) is -0.157. The smallest absolute Gasteiger partial charge is 0.0764 e. The highest BCUT2D eigenvalue weighted by Crippen LogP contribution is 2.16. The molecule has 1 aromatic heterocycles. The van der Waals surface area contributed by atoms with E-state index in [1.807, 2.05) is 33.3 Å². The van der Waals surface area contributed by atoms with Gasteiger partial charge >= 0.3 is 0 Å². The van der Waals surface area contributed by atoms with Crippen LogP contribution in [0.15, 0.2) is 12.3 Å². The Morgan fingerprint density at radius 2 is 2.06 bits per heavy atom. The van der Waals surface area contributed by atoms with Crippen LogP contribution < -0.4 is 0 Å². The van der Waals surface area contributed by atoms with Crippen LogP contribution in [0.1, 0.15) is 12.6 Å². The van der Waals surface area contributed by atoms with Gasteiger partial charge in [-0.25, -0.2) is 0 Å². The molecule has 16 heavy (non-hydrogen) atoms. The lowest BCUT2D eigenvalue weighted by atomic mass is 9.92. The van der Waals surface area contributed by atoms with Crippen molar-refractivity contribution < 1.29 is 10.2 Å². The van der Waals surface area contributed by atoms with Crippen molar-refractivity contribution in [2.24, 2.45) is 12.5 Å². The second-order valence-corrected chi connectivity index (χ2v) is 4.78. The molecule has 5 nitrogen and oxygen atoms in total. The van der Waals surface area contributed by atoms with Crippen LogP contribution in [0, 0.1) is 5.41 Å². The van der Waals surface area contributed by atoms with E-state index in [1.165, 1.54) is 0 Å². The van der Waals surface area contributed by atoms with Crippen molar-refractivity contribution in [1.29, 1.82) is 0 Å². The molecule has 0 radical (unpaired) electrons. The molecule has 0 unspecified atom stereocenters. The summed E-state index contributed by atoms with van der Waals surface area (Å²) < 4.78 is 1.76. The Hall–Kier alpha value is -0.910. The first kappa shape index (κ1) is 13.2. The van der Waals surface area contributed by atoms with Crippen LogP contribution in [0.5, 0.6) is 0 Å². The average molecular weight is 227 g/mol. The van der Waals surface area contributed by atoms with Gasteiger partial charge in [0.1, 0.15) is 0 Å². The fraction of sp³-hybridized carbons (Fsp3) is 0.727. The predicted molar refractivity (Wildman–Crippen MR) is 61.8 cm³/mol. The summed E-state index contributed by atoms with van der Waals surface area (Å²) in [4.78, 5) is 2.05. The Morgan fingerprint density at radius 3 is 2.50 bits per heavy atom. The van der Waals surface area contributed by atoms with Crippen LogP contribution in [0.4, 0.5) is 0 Å². The van der Waals surface area contributed by atoms with E-state index in [2.05, 4.69) is 10.00 Å². The minimum Gasteiger partial charge on any atom is -0.396 e. The molecule has 0 fully saturated rings. The molecule has 0 aliphatic rings. The molecule has 0 saturated heterocycles. The van der Waals surface area contributed by atoms with Gasteiger partial charge in [-0.3, -0.25) is 9.58 Å². The molecule has 5 heteroatoms. The van der Waals surface area contributed by atoms with Gasteiger partial charge in [-0.05, 0) is 13.1 Å². The number of aliphatic hydroxyl groups excluding tert-OH is 2. The molecular formula is C11H21N3O2. The van der Waals surface area contributed by atoms with Crippen molar-refractivity contribution in [3.05, 3.63) is 18.0 Å². The molecule has 0 saturated carbocycles. The van der Waals surface area contributed by atoms with Gasteiger partial charge in [0.25, 0.3) is 0 Å². The zero-order chi connectivity index (χ0) is 12.2. The molecule has 0 spiro atoms. The van der Waals surface area contributed by atoms with Gasteiger partial charge in [0.05, 0.1) is 18.9 Å². The molecule has 0 aromatic carbocycles. The van der Waals surface area contributed by atoms with Gasteiger partial charge in [0, 0.05) is 31.7 Å². The monoisotopic (exact) mass is 227 g/mol. The summed E-state index contributed by atoms with van der Waals surface area (Å²) in [5, 5.41) is 22.7. The van der Waals surface area contributed by atoms with Crippen LogP contribution in [-0.4, -0.2) is 51.7 Å². The molecule has 2 N–H and O–H groups in total. The zero-order valence-corrected chi connectivity index (χ0v) is 10.2. The fourth-order valence-electron chi connectivity index (χ4n) is 1.68. The molecule has 0 amide bonds. The standard InChI is InChI=1S/C11H21N3O2/c1-11(8-15,9-16)7-13(2)6-10-4-5-14(3)12-10/h4-5,15-16H,6-9H2,1-3H3. The molecule has 0 atom stereocenters. The SMILES string of the molecule is CN(Cc1ccn(C)n1)CC(C)(CO)CO. The third-order valence-corrected chi connectivity index (χ3v) is 2.62. The average Bonchev–Trinajstić information content (AvgIpc) is 2.63. The molecule has 92 valence electrons. The highest BCUT2D eigenvalue weighted by molar-refractivity contribution is 4.98. The van der Waals surface area contributed by atoms with Crippen molar-refractivity contribution in [2.45, 2.75) is 13.5 Å². The number of aromatic nitrogens is 2. The number of rotatable bonds is 6. The van der Waals surface area contributed by atoms with Gasteiger partial charge in [-0.2, -0.15) is 5.10 Å². The maximum Gasteiger partial charge on any atom is 0.0764 e. The second-order valence-electron chi connectivity index (χ2n) is 4.78. The first-order valence-corrected chi connectivity index (χ1v) is 5.38. The van der Waals surface area contributed by atoms with Crippen molar-refractivity contribution in [2.75, 3.05) is 26.8 Å². The van der Waals surface area contributed by atoms with Gasteiger partial charge in [0.15, 0.2) is 0 Å². The van der Waals surface area contributed by atoms with Gasteiger partial charge in [-0.15, -0.1) is 0 Å². The first-order valence-electron chi connectivity index (χ1n) is 5.38. The lowest BCUT2D eigenvalue weighted by Crippen LogP contribution is -2.38. The van der Waals surface area contributed by atoms with E-state index in [-0.39, 0.29) is 13.2 Å². The lowest BCUT2D eigenvalue weighted by Gasteiger charge is -2.29. The summed E-state index contributed by atoms with van der Waals surface area (Å²) in [6, 6.07) is 1.96. The summed E-state index contributed by atoms with van der Waals surface area (Å²) in [6.07, 6.45) is 1.90. The maximum atomic E-state index is 9.20. The van der Waals surface area contributed by atoms with Gasteiger partial charge < -0.3 is 10.2 Å². The minimum atomic E-state index is -0.455. The van der Waals surface area contributed by atoms with Crippen molar-refractivity contribution in [1.82, 2.24) is 14.7 Å². The van der Waals surface area contributed by atoms with E-state index in [4.69, 9.17) is 0 Å². The summed E-state index contributed by atoms with van der Waals surface area (Å²) >= 11 is 0. The van der Waals surface area contributed by atoms with E-state index in [0.29, 0.717) is 6.54 Å². The quantitative estimate of drug-likeness (QED) is 0.709. The van der Waals surface area contributed by atoms with Crippen LogP contribution in [0.2, 0.25) is 0 Å². The van der Waals surface area contributed by atoms with Crippen LogP contribution in [0.3, 0.4) is 0 Å². The highest BCUT2D eigenvalue weighted by Gasteiger charge is 2.24. The number of nitrogens with zero attached hydrogens (tertiary/aromatic N) is 3. The highest BCUT2D eigenvalue weighted by atomic mass is 16.3. The van der Waals surface area contributed by atoms with Gasteiger partial charge in [-0.1, -0.05) is 6.92 Å². The Bertz CT molecular complexity index is 321. The second kappa shape index (κ2) is 5.43. The summed E-state index contributed by atoms with van der Waals surface area (Å²) in [5.41, 5.74) is 0.534. The largest absolute Gasteiger partial charge is 0.396 e. The molecule has 1 aromatic rings. The lowest BCUT2D eigenvalue weighted by molar-refractivity contribution is 0.0399. The van der Waals surface area contributed by atoms with E-state index < -0.39 is 5.41 Å². The Morgan fingerprint density at radius 1 is 1.44 bits per heavy atom. The summed E-state index contributed by atoms with van der Waals surface area (Å²) in [7, 11) is 3.84. The summed E-state index contributed by atoms with van der Waals surface area (Å²) in [5.74, 6) is 0. The van der Waals surface area contributed by atoms with Crippen LogP contribution >= 0.6 is 0 Å². The topological polar surface area (TPSA) is 61.5 Å². The fourth-order valence-corrected chi connectivity index (χ4v) is 1.68. The Balaban J connectivity index is 2.50. The Labute approximate surface area is 96.3 Å². The van der Waals surface area contributed by atoms with Crippen molar-refractivity contribution in [3.8, 4) is 0 Å². The molecule has 1 rings (SSSR count).